The van der Waals surface area contributed by atoms with Gasteiger partial charge in [0.25, 0.3) is 0 Å². The standard InChI is InChI=1S/C63H38N4O2/c1-4-15-39(16-5-1)42-27-32-55-51(36-42)49-23-10-12-25-54(49)67(55)46-29-34-58-53(38-46)52-37-44(28-33-57(52)68-58)48-31-30-47(59-50-24-11-13-26-56(50)69-60(48)59)43-21-14-22-45(35-43)63-65-61(40-17-6-2-7-18-40)64-62(66-63)41-19-8-3-9-20-41/h1-38H. The van der Waals surface area contributed by atoms with Crippen molar-refractivity contribution in [3.63, 3.8) is 0 Å². The number of nitrogens with zero attached hydrogens (tertiary/aromatic N) is 4. The highest BCUT2D eigenvalue weighted by molar-refractivity contribution is 6.17. The Labute approximate surface area is 396 Å². The Balaban J connectivity index is 0.897. The number of aromatic nitrogens is 4. The minimum absolute atomic E-state index is 0.605. The Morgan fingerprint density at radius 3 is 1.57 bits per heavy atom. The number of hydrogen-bond donors (Lipinski definition) is 0. The van der Waals surface area contributed by atoms with Gasteiger partial charge in [0.05, 0.1) is 11.0 Å². The molecule has 6 nitrogen and oxygen atoms in total. The molecule has 14 aromatic rings. The first-order chi connectivity index (χ1) is 34.2. The van der Waals surface area contributed by atoms with Crippen molar-refractivity contribution in [2.24, 2.45) is 0 Å². The van der Waals surface area contributed by atoms with Gasteiger partial charge in [-0.15, -0.1) is 0 Å². The van der Waals surface area contributed by atoms with Crippen LogP contribution < -0.4 is 0 Å². The molecule has 0 aliphatic carbocycles. The second-order valence-electron chi connectivity index (χ2n) is 17.5. The molecule has 4 heterocycles. The smallest absolute Gasteiger partial charge is 0.164 e. The molecule has 0 spiro atoms. The van der Waals surface area contributed by atoms with Crippen molar-refractivity contribution in [2.75, 3.05) is 0 Å². The highest BCUT2D eigenvalue weighted by Gasteiger charge is 2.21. The van der Waals surface area contributed by atoms with Crippen LogP contribution in [0.4, 0.5) is 0 Å². The van der Waals surface area contributed by atoms with Gasteiger partial charge in [0.1, 0.15) is 22.3 Å². The summed E-state index contributed by atoms with van der Waals surface area (Å²) in [7, 11) is 0. The van der Waals surface area contributed by atoms with Crippen molar-refractivity contribution in [2.45, 2.75) is 0 Å². The van der Waals surface area contributed by atoms with E-state index in [1.807, 2.05) is 72.8 Å². The van der Waals surface area contributed by atoms with Gasteiger partial charge in [-0.2, -0.15) is 0 Å². The zero-order valence-corrected chi connectivity index (χ0v) is 37.0. The highest BCUT2D eigenvalue weighted by Crippen LogP contribution is 2.44. The average Bonchev–Trinajstić information content (AvgIpc) is 4.10. The Morgan fingerprint density at radius 1 is 0.290 bits per heavy atom. The number of para-hydroxylation sites is 2. The molecular formula is C63H38N4O2. The Kier molecular flexibility index (Phi) is 8.79. The first-order valence-electron chi connectivity index (χ1n) is 23.2. The fraction of sp³-hybridized carbons (Fsp3) is 0. The van der Waals surface area contributed by atoms with E-state index in [-0.39, 0.29) is 0 Å². The van der Waals surface area contributed by atoms with Crippen LogP contribution in [-0.2, 0) is 0 Å². The molecule has 0 aliphatic heterocycles. The van der Waals surface area contributed by atoms with Gasteiger partial charge in [-0.25, -0.2) is 15.0 Å². The lowest BCUT2D eigenvalue weighted by atomic mass is 9.93. The van der Waals surface area contributed by atoms with E-state index in [0.29, 0.717) is 17.5 Å². The lowest BCUT2D eigenvalue weighted by Gasteiger charge is -2.11. The third kappa shape index (κ3) is 6.45. The normalized spacial score (nSPS) is 11.8. The van der Waals surface area contributed by atoms with E-state index in [4.69, 9.17) is 23.8 Å². The van der Waals surface area contributed by atoms with Gasteiger partial charge in [-0.1, -0.05) is 164 Å². The molecule has 0 saturated heterocycles. The number of furan rings is 2. The molecule has 6 heteroatoms. The second-order valence-corrected chi connectivity index (χ2v) is 17.5. The summed E-state index contributed by atoms with van der Waals surface area (Å²) in [4.78, 5) is 15.0. The van der Waals surface area contributed by atoms with Gasteiger partial charge in [0.15, 0.2) is 17.5 Å². The van der Waals surface area contributed by atoms with Crippen molar-refractivity contribution in [1.29, 1.82) is 0 Å². The van der Waals surface area contributed by atoms with Gasteiger partial charge in [-0.3, -0.25) is 0 Å². The fourth-order valence-electron chi connectivity index (χ4n) is 10.2. The van der Waals surface area contributed by atoms with E-state index in [0.717, 1.165) is 99.5 Å². The van der Waals surface area contributed by atoms with E-state index in [2.05, 4.69) is 162 Å². The summed E-state index contributed by atoms with van der Waals surface area (Å²) in [5, 5.41) is 6.63. The Hall–Kier alpha value is -9.39. The van der Waals surface area contributed by atoms with Crippen LogP contribution in [0, 0.1) is 0 Å². The van der Waals surface area contributed by atoms with Crippen LogP contribution in [0.1, 0.15) is 0 Å². The molecule has 0 radical (unpaired) electrons. The first kappa shape index (κ1) is 38.8. The van der Waals surface area contributed by atoms with Crippen molar-refractivity contribution >= 4 is 65.7 Å². The zero-order valence-electron chi connectivity index (χ0n) is 37.0. The van der Waals surface area contributed by atoms with Crippen molar-refractivity contribution in [3.05, 3.63) is 231 Å². The maximum atomic E-state index is 6.85. The minimum Gasteiger partial charge on any atom is -0.456 e. The zero-order chi connectivity index (χ0) is 45.4. The summed E-state index contributed by atoms with van der Waals surface area (Å²) >= 11 is 0. The largest absolute Gasteiger partial charge is 0.456 e. The lowest BCUT2D eigenvalue weighted by Crippen LogP contribution is -2.00. The van der Waals surface area contributed by atoms with Crippen LogP contribution in [0.3, 0.4) is 0 Å². The third-order valence-electron chi connectivity index (χ3n) is 13.5. The van der Waals surface area contributed by atoms with Crippen molar-refractivity contribution in [1.82, 2.24) is 19.5 Å². The molecule has 4 aromatic heterocycles. The molecule has 0 saturated carbocycles. The first-order valence-corrected chi connectivity index (χ1v) is 23.2. The van der Waals surface area contributed by atoms with Crippen LogP contribution in [-0.4, -0.2) is 19.5 Å². The molecule has 0 N–H and O–H groups in total. The molecule has 0 atom stereocenters. The molecule has 69 heavy (non-hydrogen) atoms. The number of fused-ring (bicyclic) bond motifs is 9. The number of hydrogen-bond acceptors (Lipinski definition) is 5. The van der Waals surface area contributed by atoms with Crippen molar-refractivity contribution in [3.8, 4) is 73.2 Å². The summed E-state index contributed by atoms with van der Waals surface area (Å²) < 4.78 is 15.8. The highest BCUT2D eigenvalue weighted by atomic mass is 16.3. The van der Waals surface area contributed by atoms with E-state index >= 15 is 0 Å². The minimum atomic E-state index is 0.605. The molecule has 0 aliphatic rings. The van der Waals surface area contributed by atoms with Crippen LogP contribution in [0.25, 0.3) is 139 Å². The van der Waals surface area contributed by atoms with E-state index in [1.54, 1.807) is 0 Å². The summed E-state index contributed by atoms with van der Waals surface area (Å²) in [5.74, 6) is 1.86. The van der Waals surface area contributed by atoms with Gasteiger partial charge >= 0.3 is 0 Å². The molecule has 14 rings (SSSR count). The van der Waals surface area contributed by atoms with Crippen LogP contribution in [0.5, 0.6) is 0 Å². The van der Waals surface area contributed by atoms with Crippen molar-refractivity contribution < 1.29 is 8.83 Å². The van der Waals surface area contributed by atoms with Crippen LogP contribution in [0.15, 0.2) is 239 Å². The summed E-state index contributed by atoms with van der Waals surface area (Å²) in [6, 6.07) is 80.4. The van der Waals surface area contributed by atoms with E-state index in [9.17, 15) is 0 Å². The molecular weight excluding hydrogens is 845 g/mol. The predicted octanol–water partition coefficient (Wildman–Crippen LogP) is 16.8. The lowest BCUT2D eigenvalue weighted by molar-refractivity contribution is 0.668. The maximum Gasteiger partial charge on any atom is 0.164 e. The number of benzene rings is 10. The molecule has 0 fully saturated rings. The van der Waals surface area contributed by atoms with Gasteiger partial charge in [0.2, 0.25) is 0 Å². The average molecular weight is 883 g/mol. The van der Waals surface area contributed by atoms with E-state index in [1.165, 1.54) is 21.9 Å². The fourth-order valence-corrected chi connectivity index (χ4v) is 10.2. The van der Waals surface area contributed by atoms with E-state index < -0.39 is 0 Å². The number of rotatable bonds is 7. The third-order valence-corrected chi connectivity index (χ3v) is 13.5. The second kappa shape index (κ2) is 15.6. The molecule has 0 bridgehead atoms. The molecule has 0 amide bonds. The Bertz CT molecular complexity index is 4250. The van der Waals surface area contributed by atoms with Gasteiger partial charge < -0.3 is 13.4 Å². The molecule has 0 unspecified atom stereocenters. The summed E-state index contributed by atoms with van der Waals surface area (Å²) in [6.45, 7) is 0. The summed E-state index contributed by atoms with van der Waals surface area (Å²) in [5.41, 5.74) is 16.0. The van der Waals surface area contributed by atoms with Crippen LogP contribution in [0.2, 0.25) is 0 Å². The van der Waals surface area contributed by atoms with Gasteiger partial charge in [0, 0.05) is 60.3 Å². The monoisotopic (exact) mass is 882 g/mol. The topological polar surface area (TPSA) is 69.9 Å². The summed E-state index contributed by atoms with van der Waals surface area (Å²) in [6.07, 6.45) is 0. The molecule has 10 aromatic carbocycles. The predicted molar refractivity (Wildman–Crippen MR) is 281 cm³/mol. The Morgan fingerprint density at radius 2 is 0.812 bits per heavy atom. The molecule has 322 valence electrons. The quantitative estimate of drug-likeness (QED) is 0.159. The SMILES string of the molecule is c1ccc(-c2ccc3c(c2)c2ccccc2n3-c2ccc3oc4ccc(-c5ccc(-c6cccc(-c7nc(-c8ccccc8)nc(-c8ccccc8)n7)c6)c6c5oc5ccccc56)cc4c3c2)cc1. The van der Waals surface area contributed by atoms with Gasteiger partial charge in [-0.05, 0) is 94.5 Å². The maximum absolute atomic E-state index is 6.85. The van der Waals surface area contributed by atoms with Crippen LogP contribution >= 0.6 is 0 Å².